The maximum Gasteiger partial charge on any atom is 0.255 e. The van der Waals surface area contributed by atoms with Crippen LogP contribution in [0, 0.1) is 0 Å². The fourth-order valence-corrected chi connectivity index (χ4v) is 4.41. The number of carbonyl (C=O) groups is 1. The van der Waals surface area contributed by atoms with Crippen molar-refractivity contribution in [3.05, 3.63) is 52.9 Å². The normalized spacial score (nSPS) is 15.3. The number of pyridine rings is 1. The van der Waals surface area contributed by atoms with Gasteiger partial charge >= 0.3 is 0 Å². The number of rotatable bonds is 10. The second kappa shape index (κ2) is 10.8. The van der Waals surface area contributed by atoms with Crippen molar-refractivity contribution < 1.29 is 24.1 Å². The van der Waals surface area contributed by atoms with Gasteiger partial charge in [0.15, 0.2) is 5.75 Å². The van der Waals surface area contributed by atoms with Crippen molar-refractivity contribution in [1.29, 1.82) is 0 Å². The number of ether oxygens (including phenoxy) is 3. The number of benzene rings is 1. The maximum absolute atomic E-state index is 13.1. The number of H-pyrrole nitrogens is 1. The minimum absolute atomic E-state index is 0.00503. The van der Waals surface area contributed by atoms with E-state index in [2.05, 4.69) is 20.6 Å². The number of nitrogens with one attached hydrogen (secondary N) is 3. The molecule has 1 aliphatic heterocycles. The van der Waals surface area contributed by atoms with E-state index in [4.69, 9.17) is 25.8 Å². The number of aromatic nitrogens is 2. The van der Waals surface area contributed by atoms with Crippen molar-refractivity contribution in [2.75, 3.05) is 39.3 Å². The van der Waals surface area contributed by atoms with Crippen molar-refractivity contribution in [3.63, 3.8) is 0 Å². The molecule has 3 heterocycles. The number of halogens is 1. The molecule has 2 aromatic heterocycles. The van der Waals surface area contributed by atoms with Gasteiger partial charge in [0.1, 0.15) is 12.4 Å². The highest BCUT2D eigenvalue weighted by Crippen LogP contribution is 2.44. The van der Waals surface area contributed by atoms with Gasteiger partial charge in [-0.15, -0.1) is 0 Å². The van der Waals surface area contributed by atoms with Gasteiger partial charge in [0.2, 0.25) is 0 Å². The van der Waals surface area contributed by atoms with E-state index in [0.717, 1.165) is 5.69 Å². The van der Waals surface area contributed by atoms with E-state index in [9.17, 15) is 9.90 Å². The molecular formula is C26H31ClN4O5. The minimum atomic E-state index is -0.510. The zero-order valence-electron chi connectivity index (χ0n) is 20.8. The van der Waals surface area contributed by atoms with Gasteiger partial charge in [0, 0.05) is 43.6 Å². The molecule has 9 nitrogen and oxygen atoms in total. The van der Waals surface area contributed by atoms with Crippen LogP contribution in [0.5, 0.6) is 11.5 Å². The Morgan fingerprint density at radius 2 is 2.08 bits per heavy atom. The first-order valence-corrected chi connectivity index (χ1v) is 12.0. The van der Waals surface area contributed by atoms with E-state index in [0.29, 0.717) is 64.3 Å². The van der Waals surface area contributed by atoms with Crippen LogP contribution in [-0.2, 0) is 4.74 Å². The SMILES string of the molecule is COc1c(Cl)cccc1Nc1c(-c2ccncc2OCC(C)(C)OC)[nH]c2c1C(=O)NC[C@H]2CCO. The number of amides is 1. The molecule has 0 bridgehead atoms. The first-order valence-electron chi connectivity index (χ1n) is 11.7. The molecule has 0 unspecified atom stereocenters. The lowest BCUT2D eigenvalue weighted by atomic mass is 9.94. The molecular weight excluding hydrogens is 484 g/mol. The number of nitrogens with zero attached hydrogens (tertiary/aromatic N) is 1. The van der Waals surface area contributed by atoms with Crippen LogP contribution in [0.25, 0.3) is 11.3 Å². The summed E-state index contributed by atoms with van der Waals surface area (Å²) in [6, 6.07) is 7.18. The molecule has 1 amide bonds. The molecule has 1 aliphatic rings. The molecule has 1 atom stereocenters. The Kier molecular flexibility index (Phi) is 7.73. The van der Waals surface area contributed by atoms with Crippen LogP contribution in [0.15, 0.2) is 36.7 Å². The second-order valence-corrected chi connectivity index (χ2v) is 9.56. The summed E-state index contributed by atoms with van der Waals surface area (Å²) in [5.74, 6) is 0.678. The number of aliphatic hydroxyl groups is 1. The van der Waals surface area contributed by atoms with Gasteiger partial charge < -0.3 is 34.9 Å². The number of methoxy groups -OCH3 is 2. The average molecular weight is 515 g/mol. The number of anilines is 2. The van der Waals surface area contributed by atoms with Crippen molar-refractivity contribution in [2.45, 2.75) is 31.8 Å². The van der Waals surface area contributed by atoms with Crippen LogP contribution in [-0.4, -0.2) is 60.6 Å². The number of fused-ring (bicyclic) bond motifs is 1. The Balaban J connectivity index is 1.88. The van der Waals surface area contributed by atoms with Crippen molar-refractivity contribution in [3.8, 4) is 22.8 Å². The summed E-state index contributed by atoms with van der Waals surface area (Å²) in [4.78, 5) is 20.8. The fraction of sp³-hybridized carbons (Fsp3) is 0.385. The van der Waals surface area contributed by atoms with Crippen molar-refractivity contribution in [2.24, 2.45) is 0 Å². The lowest BCUT2D eigenvalue weighted by molar-refractivity contribution is -0.0146. The molecule has 10 heteroatoms. The smallest absolute Gasteiger partial charge is 0.255 e. The third-order valence-electron chi connectivity index (χ3n) is 6.26. The van der Waals surface area contributed by atoms with Gasteiger partial charge in [-0.1, -0.05) is 17.7 Å². The van der Waals surface area contributed by atoms with Gasteiger partial charge in [0.25, 0.3) is 5.91 Å². The molecule has 36 heavy (non-hydrogen) atoms. The minimum Gasteiger partial charge on any atom is -0.493 e. The lowest BCUT2D eigenvalue weighted by Gasteiger charge is -2.23. The van der Waals surface area contributed by atoms with Crippen molar-refractivity contribution >= 4 is 28.9 Å². The summed E-state index contributed by atoms with van der Waals surface area (Å²) in [7, 11) is 3.17. The maximum atomic E-state index is 13.1. The van der Waals surface area contributed by atoms with E-state index in [-0.39, 0.29) is 18.4 Å². The summed E-state index contributed by atoms with van der Waals surface area (Å²) in [6.07, 6.45) is 3.79. The number of aromatic amines is 1. The quantitative estimate of drug-likeness (QED) is 0.315. The first kappa shape index (κ1) is 25.8. The zero-order valence-corrected chi connectivity index (χ0v) is 21.5. The number of carbonyl (C=O) groups excluding carboxylic acids is 1. The summed E-state index contributed by atoms with van der Waals surface area (Å²) in [6.45, 7) is 4.57. The van der Waals surface area contributed by atoms with Crippen LogP contribution in [0.3, 0.4) is 0 Å². The van der Waals surface area contributed by atoms with E-state index in [1.165, 1.54) is 7.11 Å². The molecule has 0 aliphatic carbocycles. The Bertz CT molecular complexity index is 1240. The number of aliphatic hydroxyl groups excluding tert-OH is 1. The average Bonchev–Trinajstić information content (AvgIpc) is 3.25. The summed E-state index contributed by atoms with van der Waals surface area (Å²) in [5, 5.41) is 16.4. The largest absolute Gasteiger partial charge is 0.493 e. The monoisotopic (exact) mass is 514 g/mol. The van der Waals surface area contributed by atoms with Crippen LogP contribution in [0.1, 0.15) is 42.2 Å². The molecule has 4 rings (SSSR count). The predicted octanol–water partition coefficient (Wildman–Crippen LogP) is 4.50. The molecule has 0 radical (unpaired) electrons. The zero-order chi connectivity index (χ0) is 25.9. The predicted molar refractivity (Wildman–Crippen MR) is 139 cm³/mol. The Labute approximate surface area is 215 Å². The second-order valence-electron chi connectivity index (χ2n) is 9.15. The third-order valence-corrected chi connectivity index (χ3v) is 6.56. The number of para-hydroxylation sites is 1. The van der Waals surface area contributed by atoms with E-state index in [1.807, 2.05) is 26.0 Å². The Morgan fingerprint density at radius 3 is 2.81 bits per heavy atom. The van der Waals surface area contributed by atoms with Gasteiger partial charge in [-0.3, -0.25) is 9.78 Å². The highest BCUT2D eigenvalue weighted by molar-refractivity contribution is 6.32. The van der Waals surface area contributed by atoms with E-state index < -0.39 is 5.60 Å². The Morgan fingerprint density at radius 1 is 1.28 bits per heavy atom. The van der Waals surface area contributed by atoms with Crippen molar-refractivity contribution in [1.82, 2.24) is 15.3 Å². The molecule has 0 spiro atoms. The number of hydrogen-bond donors (Lipinski definition) is 4. The van der Waals surface area contributed by atoms with E-state index in [1.54, 1.807) is 31.6 Å². The topological polar surface area (TPSA) is 118 Å². The summed E-state index contributed by atoms with van der Waals surface area (Å²) < 4.78 is 17.2. The molecule has 192 valence electrons. The molecule has 3 aromatic rings. The van der Waals surface area contributed by atoms with Gasteiger partial charge in [-0.05, 0) is 38.5 Å². The molecule has 1 aromatic carbocycles. The van der Waals surface area contributed by atoms with Crippen LogP contribution in [0.4, 0.5) is 11.4 Å². The third kappa shape index (κ3) is 5.13. The van der Waals surface area contributed by atoms with Gasteiger partial charge in [-0.2, -0.15) is 0 Å². The highest BCUT2D eigenvalue weighted by Gasteiger charge is 2.33. The lowest BCUT2D eigenvalue weighted by Crippen LogP contribution is -2.35. The van der Waals surface area contributed by atoms with Crippen LogP contribution >= 0.6 is 11.6 Å². The Hall–Kier alpha value is -3.27. The van der Waals surface area contributed by atoms with E-state index >= 15 is 0 Å². The van der Waals surface area contributed by atoms with Gasteiger partial charge in [0.05, 0.1) is 46.6 Å². The standard InChI is InChI=1S/C26H31ClN4O5/c1-26(2,35-4)14-36-19-13-28-10-8-16(19)22-23(30-18-7-5-6-17(27)24(18)34-3)20-21(31-22)15(9-11-32)12-29-25(20)33/h5-8,10,13,15,30-32H,9,11-12,14H2,1-4H3,(H,29,33)/t15-/m1/s1. The molecule has 0 saturated heterocycles. The first-order chi connectivity index (χ1) is 17.3. The molecule has 0 saturated carbocycles. The summed E-state index contributed by atoms with van der Waals surface area (Å²) in [5.41, 5.74) is 3.21. The number of hydrogen-bond acceptors (Lipinski definition) is 7. The fourth-order valence-electron chi connectivity index (χ4n) is 4.16. The van der Waals surface area contributed by atoms with Gasteiger partial charge in [-0.25, -0.2) is 0 Å². The van der Waals surface area contributed by atoms with Crippen LogP contribution in [0.2, 0.25) is 5.02 Å². The highest BCUT2D eigenvalue weighted by atomic mass is 35.5. The van der Waals surface area contributed by atoms with Crippen LogP contribution < -0.4 is 20.1 Å². The summed E-state index contributed by atoms with van der Waals surface area (Å²) >= 11 is 6.37. The molecule has 0 fully saturated rings. The molecule has 4 N–H and O–H groups in total.